The highest BCUT2D eigenvalue weighted by atomic mass is 35.9. The zero-order chi connectivity index (χ0) is 18.6. The summed E-state index contributed by atoms with van der Waals surface area (Å²) in [6.07, 6.45) is -3.22. The van der Waals surface area contributed by atoms with E-state index in [2.05, 4.69) is 41.4 Å². The van der Waals surface area contributed by atoms with E-state index < -0.39 is 6.07 Å². The Morgan fingerprint density at radius 2 is 1.77 bits per heavy atom. The molecular formula is C19H18Cl2NO3P. The molecule has 4 nitrogen and oxygen atoms in total. The highest BCUT2D eigenvalue weighted by Crippen LogP contribution is 2.57. The van der Waals surface area contributed by atoms with Crippen molar-refractivity contribution < 1.29 is 13.8 Å². The van der Waals surface area contributed by atoms with Gasteiger partial charge in [0.1, 0.15) is 0 Å². The molecule has 0 aromatic heterocycles. The summed E-state index contributed by atoms with van der Waals surface area (Å²) in [5.41, 5.74) is 1.16. The lowest BCUT2D eigenvalue weighted by Gasteiger charge is -2.10. The van der Waals surface area contributed by atoms with Gasteiger partial charge in [0, 0.05) is 22.5 Å². The Bertz CT molecular complexity index is 1000. The van der Waals surface area contributed by atoms with Gasteiger partial charge in [-0.3, -0.25) is 0 Å². The Kier molecular flexibility index (Phi) is 6.08. The van der Waals surface area contributed by atoms with Crippen LogP contribution in [0, 0.1) is 0 Å². The summed E-state index contributed by atoms with van der Waals surface area (Å²) in [4.78, 5) is 4.19. The molecule has 0 saturated heterocycles. The number of ether oxygens (including phenoxy) is 1. The van der Waals surface area contributed by atoms with E-state index in [9.17, 15) is 4.57 Å². The summed E-state index contributed by atoms with van der Waals surface area (Å²) < 4.78 is 21.4. The lowest BCUT2D eigenvalue weighted by Crippen LogP contribution is -2.08. The molecule has 26 heavy (non-hydrogen) atoms. The van der Waals surface area contributed by atoms with Crippen molar-refractivity contribution in [2.45, 2.75) is 13.3 Å². The van der Waals surface area contributed by atoms with Crippen LogP contribution in [0.2, 0.25) is 0 Å². The second-order valence-electron chi connectivity index (χ2n) is 5.64. The fourth-order valence-corrected chi connectivity index (χ4v) is 3.55. The first kappa shape index (κ1) is 19.0. The molecule has 3 rings (SSSR count). The molecule has 0 heterocycles. The first-order valence-electron chi connectivity index (χ1n) is 8.23. The van der Waals surface area contributed by atoms with E-state index in [0.29, 0.717) is 19.6 Å². The van der Waals surface area contributed by atoms with Gasteiger partial charge in [-0.25, -0.2) is 9.56 Å². The quantitative estimate of drug-likeness (QED) is 0.208. The first-order valence-corrected chi connectivity index (χ1v) is 11.7. The fraction of sp³-hybridized carbons (Fsp3) is 0.211. The number of benzene rings is 3. The van der Waals surface area contributed by atoms with Gasteiger partial charge in [0.05, 0.1) is 13.2 Å². The lowest BCUT2D eigenvalue weighted by molar-refractivity contribution is 0.254. The van der Waals surface area contributed by atoms with Crippen LogP contribution in [0.3, 0.4) is 0 Å². The molecule has 0 aliphatic rings. The molecule has 0 fully saturated rings. The first-order chi connectivity index (χ1) is 12.5. The zero-order valence-corrected chi connectivity index (χ0v) is 16.6. The summed E-state index contributed by atoms with van der Waals surface area (Å²) in [6, 6.07) is 18.8. The van der Waals surface area contributed by atoms with E-state index >= 15 is 0 Å². The van der Waals surface area contributed by atoms with E-state index in [-0.39, 0.29) is 6.08 Å². The minimum absolute atomic E-state index is 0.147. The summed E-state index contributed by atoms with van der Waals surface area (Å²) in [5.74, 6) is 0. The van der Waals surface area contributed by atoms with Crippen LogP contribution in [0.5, 0.6) is 0 Å². The van der Waals surface area contributed by atoms with Crippen LogP contribution in [0.25, 0.3) is 21.5 Å². The number of aliphatic imine (C=N–C) groups is 1. The highest BCUT2D eigenvalue weighted by Gasteiger charge is 2.20. The minimum Gasteiger partial charge on any atom is -0.451 e. The van der Waals surface area contributed by atoms with Crippen LogP contribution in [-0.4, -0.2) is 19.2 Å². The van der Waals surface area contributed by atoms with Gasteiger partial charge in [0.25, 0.3) is 0 Å². The number of hydrogen-bond donors (Lipinski definition) is 0. The van der Waals surface area contributed by atoms with Crippen LogP contribution >= 0.6 is 28.6 Å². The average Bonchev–Trinajstić information content (AvgIpc) is 2.60. The molecule has 7 heteroatoms. The Labute approximate surface area is 161 Å². The summed E-state index contributed by atoms with van der Waals surface area (Å²) in [6.45, 7) is 2.48. The standard InChI is InChI=1S/C19H18Cl2NO3P/c1-2-24-19(25-26(20,21)23)22-13-12-15-7-5-9-18-16-8-4-3-6-14(16)10-11-17(15)18/h3-11H,2,12-13H2,1H3. The maximum atomic E-state index is 11.4. The van der Waals surface area contributed by atoms with Crippen molar-refractivity contribution in [3.63, 3.8) is 0 Å². The van der Waals surface area contributed by atoms with Crippen LogP contribution in [0.4, 0.5) is 0 Å². The van der Waals surface area contributed by atoms with Crippen molar-refractivity contribution in [1.82, 2.24) is 0 Å². The number of nitrogens with zero attached hydrogens (tertiary/aromatic N) is 1. The molecule has 0 unspecified atom stereocenters. The van der Waals surface area contributed by atoms with Crippen molar-refractivity contribution in [3.05, 3.63) is 60.2 Å². The Morgan fingerprint density at radius 3 is 2.54 bits per heavy atom. The van der Waals surface area contributed by atoms with Crippen molar-refractivity contribution >= 4 is 56.2 Å². The fourth-order valence-electron chi connectivity index (χ4n) is 2.91. The largest absolute Gasteiger partial charge is 0.451 e. The molecule has 136 valence electrons. The molecular weight excluding hydrogens is 392 g/mol. The molecule has 0 atom stereocenters. The molecule has 0 bridgehead atoms. The normalized spacial score (nSPS) is 12.5. The third-order valence-corrected chi connectivity index (χ3v) is 4.73. The Morgan fingerprint density at radius 1 is 1.00 bits per heavy atom. The van der Waals surface area contributed by atoms with E-state index in [0.717, 1.165) is 5.56 Å². The van der Waals surface area contributed by atoms with E-state index in [1.54, 1.807) is 6.92 Å². The lowest BCUT2D eigenvalue weighted by atomic mass is 9.97. The van der Waals surface area contributed by atoms with Gasteiger partial charge in [-0.15, -0.1) is 0 Å². The predicted molar refractivity (Wildman–Crippen MR) is 109 cm³/mol. The SMILES string of the molecule is CCOC(=NCCc1cccc2c1ccc1ccccc12)OP(=O)(Cl)Cl. The second-order valence-corrected chi connectivity index (χ2v) is 9.84. The maximum Gasteiger partial charge on any atom is 0.431 e. The summed E-state index contributed by atoms with van der Waals surface area (Å²) in [5, 5.41) is 4.82. The van der Waals surface area contributed by atoms with Gasteiger partial charge in [-0.1, -0.05) is 54.6 Å². The molecule has 0 N–H and O–H groups in total. The third-order valence-electron chi connectivity index (χ3n) is 3.95. The van der Waals surface area contributed by atoms with Crippen molar-refractivity contribution in [2.75, 3.05) is 13.2 Å². The monoisotopic (exact) mass is 409 g/mol. The highest BCUT2D eigenvalue weighted by molar-refractivity contribution is 8.05. The van der Waals surface area contributed by atoms with Crippen LogP contribution in [-0.2, 0) is 20.2 Å². The number of hydrogen-bond acceptors (Lipinski definition) is 4. The average molecular weight is 410 g/mol. The van der Waals surface area contributed by atoms with Crippen LogP contribution < -0.4 is 0 Å². The molecule has 0 aliphatic carbocycles. The molecule has 0 aliphatic heterocycles. The molecule has 0 amide bonds. The molecule has 0 spiro atoms. The maximum absolute atomic E-state index is 11.4. The van der Waals surface area contributed by atoms with Gasteiger partial charge in [0.15, 0.2) is 0 Å². The Balaban J connectivity index is 1.86. The summed E-state index contributed by atoms with van der Waals surface area (Å²) >= 11 is 10.9. The van der Waals surface area contributed by atoms with Gasteiger partial charge < -0.3 is 9.26 Å². The smallest absolute Gasteiger partial charge is 0.431 e. The van der Waals surface area contributed by atoms with E-state index in [1.807, 2.05) is 18.2 Å². The predicted octanol–water partition coefficient (Wildman–Crippen LogP) is 6.53. The zero-order valence-electron chi connectivity index (χ0n) is 14.2. The van der Waals surface area contributed by atoms with Crippen LogP contribution in [0.1, 0.15) is 12.5 Å². The molecule has 0 radical (unpaired) electrons. The van der Waals surface area contributed by atoms with Crippen molar-refractivity contribution in [1.29, 1.82) is 0 Å². The van der Waals surface area contributed by atoms with Gasteiger partial charge in [-0.05, 0) is 40.5 Å². The molecule has 3 aromatic carbocycles. The second kappa shape index (κ2) is 8.30. The molecule has 3 aromatic rings. The summed E-state index contributed by atoms with van der Waals surface area (Å²) in [7, 11) is 0. The third kappa shape index (κ3) is 4.70. The topological polar surface area (TPSA) is 47.9 Å². The van der Waals surface area contributed by atoms with Gasteiger partial charge >= 0.3 is 12.2 Å². The van der Waals surface area contributed by atoms with Crippen LogP contribution in [0.15, 0.2) is 59.6 Å². The number of halogens is 2. The van der Waals surface area contributed by atoms with Gasteiger partial charge in [0.2, 0.25) is 0 Å². The van der Waals surface area contributed by atoms with E-state index in [1.165, 1.54) is 21.5 Å². The number of fused-ring (bicyclic) bond motifs is 3. The minimum atomic E-state index is -3.74. The molecule has 0 saturated carbocycles. The van der Waals surface area contributed by atoms with E-state index in [4.69, 9.17) is 31.7 Å². The van der Waals surface area contributed by atoms with Crippen molar-refractivity contribution in [2.24, 2.45) is 4.99 Å². The van der Waals surface area contributed by atoms with Gasteiger partial charge in [-0.2, -0.15) is 0 Å². The number of rotatable bonds is 5. The Hall–Kier alpha value is -1.74. The van der Waals surface area contributed by atoms with Crippen molar-refractivity contribution in [3.8, 4) is 0 Å².